The number of hydrogen-bond acceptors (Lipinski definition) is 6. The summed E-state index contributed by atoms with van der Waals surface area (Å²) in [6.07, 6.45) is 0. The van der Waals surface area contributed by atoms with E-state index in [-0.39, 0.29) is 0 Å². The fourth-order valence-electron chi connectivity index (χ4n) is 2.70. The average molecular weight is 397 g/mol. The largest absolute Gasteiger partial charge is 0.378 e. The molecule has 1 amide bonds. The highest BCUT2D eigenvalue weighted by atomic mass is 32.2. The zero-order valence-corrected chi connectivity index (χ0v) is 15.9. The summed E-state index contributed by atoms with van der Waals surface area (Å²) in [4.78, 5) is 14.5. The molecule has 1 fully saturated rings. The summed E-state index contributed by atoms with van der Waals surface area (Å²) in [5.74, 6) is -1.41. The van der Waals surface area contributed by atoms with Crippen LogP contribution in [0.4, 0.5) is 20.4 Å². The Morgan fingerprint density at radius 3 is 2.59 bits per heavy atom. The van der Waals surface area contributed by atoms with Gasteiger partial charge in [-0.25, -0.2) is 8.78 Å². The van der Waals surface area contributed by atoms with Gasteiger partial charge in [-0.2, -0.15) is 0 Å². The molecule has 1 aromatic heterocycles. The summed E-state index contributed by atoms with van der Waals surface area (Å²) >= 11 is 1.19. The van der Waals surface area contributed by atoms with Crippen LogP contribution in [-0.4, -0.2) is 52.2 Å². The maximum absolute atomic E-state index is 13.7. The molecule has 27 heavy (non-hydrogen) atoms. The second kappa shape index (κ2) is 8.66. The van der Waals surface area contributed by atoms with Crippen molar-refractivity contribution in [1.29, 1.82) is 0 Å². The molecule has 2 aromatic rings. The summed E-state index contributed by atoms with van der Waals surface area (Å²) in [6, 6.07) is 3.44. The molecule has 0 bridgehead atoms. The van der Waals surface area contributed by atoms with Crippen molar-refractivity contribution < 1.29 is 18.3 Å². The van der Waals surface area contributed by atoms with Crippen LogP contribution in [0.1, 0.15) is 13.8 Å². The van der Waals surface area contributed by atoms with Crippen molar-refractivity contribution in [3.05, 3.63) is 29.8 Å². The van der Waals surface area contributed by atoms with Crippen LogP contribution in [-0.2, 0) is 16.1 Å². The van der Waals surface area contributed by atoms with E-state index < -0.39 is 28.5 Å². The van der Waals surface area contributed by atoms with E-state index in [0.717, 1.165) is 31.2 Å². The van der Waals surface area contributed by atoms with E-state index in [1.54, 1.807) is 6.92 Å². The Hall–Kier alpha value is -2.20. The molecule has 3 rings (SSSR count). The molecular formula is C17H21F2N5O2S. The number of anilines is 2. The first-order valence-corrected chi connectivity index (χ1v) is 9.56. The molecule has 1 aromatic carbocycles. The monoisotopic (exact) mass is 397 g/mol. The fraction of sp³-hybridized carbons (Fsp3) is 0.471. The van der Waals surface area contributed by atoms with Gasteiger partial charge in [-0.15, -0.1) is 10.2 Å². The topological polar surface area (TPSA) is 72.3 Å². The minimum Gasteiger partial charge on any atom is -0.378 e. The molecule has 1 saturated heterocycles. The number of rotatable bonds is 6. The smallest absolute Gasteiger partial charge is 0.237 e. The molecule has 0 saturated carbocycles. The van der Waals surface area contributed by atoms with Gasteiger partial charge >= 0.3 is 0 Å². The molecular weight excluding hydrogens is 376 g/mol. The average Bonchev–Trinajstić information content (AvgIpc) is 3.07. The van der Waals surface area contributed by atoms with Crippen molar-refractivity contribution in [2.75, 3.05) is 36.5 Å². The number of morpholine rings is 1. The number of carbonyl (C=O) groups excluding carboxylic acids is 1. The second-order valence-corrected chi connectivity index (χ2v) is 7.28. The second-order valence-electron chi connectivity index (χ2n) is 5.97. The third-order valence-corrected chi connectivity index (χ3v) is 5.25. The van der Waals surface area contributed by atoms with E-state index in [1.165, 1.54) is 17.8 Å². The van der Waals surface area contributed by atoms with Gasteiger partial charge in [0.05, 0.1) is 18.5 Å². The van der Waals surface area contributed by atoms with Gasteiger partial charge in [0.2, 0.25) is 11.9 Å². The summed E-state index contributed by atoms with van der Waals surface area (Å²) in [6.45, 7) is 6.98. The number of nitrogens with zero attached hydrogens (tertiary/aromatic N) is 4. The van der Waals surface area contributed by atoms with Gasteiger partial charge in [-0.3, -0.25) is 9.36 Å². The van der Waals surface area contributed by atoms with E-state index in [2.05, 4.69) is 20.4 Å². The third-order valence-electron chi connectivity index (χ3n) is 4.17. The first-order valence-electron chi connectivity index (χ1n) is 8.68. The summed E-state index contributed by atoms with van der Waals surface area (Å²) in [5.41, 5.74) is -0.444. The Labute approximate surface area is 160 Å². The van der Waals surface area contributed by atoms with Gasteiger partial charge in [-0.05, 0) is 26.0 Å². The van der Waals surface area contributed by atoms with Gasteiger partial charge in [0.1, 0.15) is 17.3 Å². The zero-order valence-electron chi connectivity index (χ0n) is 15.1. The molecule has 146 valence electrons. The maximum atomic E-state index is 13.7. The molecule has 7 nitrogen and oxygen atoms in total. The van der Waals surface area contributed by atoms with Crippen LogP contribution < -0.4 is 10.2 Å². The summed E-state index contributed by atoms with van der Waals surface area (Å²) < 4.78 is 34.7. The lowest BCUT2D eigenvalue weighted by Gasteiger charge is -2.27. The van der Waals surface area contributed by atoms with E-state index in [1.807, 2.05) is 11.5 Å². The van der Waals surface area contributed by atoms with Crippen LogP contribution in [0.2, 0.25) is 0 Å². The van der Waals surface area contributed by atoms with Crippen molar-refractivity contribution in [2.45, 2.75) is 30.8 Å². The van der Waals surface area contributed by atoms with Crippen molar-refractivity contribution in [3.8, 4) is 0 Å². The Balaban J connectivity index is 1.71. The van der Waals surface area contributed by atoms with Crippen molar-refractivity contribution >= 4 is 29.3 Å². The summed E-state index contributed by atoms with van der Waals surface area (Å²) in [5, 5.41) is 10.7. The van der Waals surface area contributed by atoms with E-state index >= 15 is 0 Å². The highest BCUT2D eigenvalue weighted by Gasteiger charge is 2.24. The van der Waals surface area contributed by atoms with Crippen LogP contribution in [0.5, 0.6) is 0 Å². The van der Waals surface area contributed by atoms with Crippen LogP contribution >= 0.6 is 11.8 Å². The number of para-hydroxylation sites is 1. The molecule has 1 atom stereocenters. The predicted octanol–water partition coefficient (Wildman–Crippen LogP) is 2.53. The highest BCUT2D eigenvalue weighted by Crippen LogP contribution is 2.27. The molecule has 0 unspecified atom stereocenters. The van der Waals surface area contributed by atoms with Gasteiger partial charge in [0.15, 0.2) is 5.16 Å². The number of halogens is 2. The minimum absolute atomic E-state index is 0.444. The number of amides is 1. The van der Waals surface area contributed by atoms with Crippen LogP contribution in [0.25, 0.3) is 0 Å². The number of nitrogens with one attached hydrogen (secondary N) is 1. The molecule has 10 heteroatoms. The maximum Gasteiger partial charge on any atom is 0.237 e. The Bertz CT molecular complexity index is 790. The van der Waals surface area contributed by atoms with Gasteiger partial charge < -0.3 is 15.0 Å². The van der Waals surface area contributed by atoms with E-state index in [0.29, 0.717) is 24.9 Å². The molecule has 1 N–H and O–H groups in total. The number of carbonyl (C=O) groups is 1. The van der Waals surface area contributed by atoms with E-state index in [4.69, 9.17) is 4.74 Å². The molecule has 1 aliphatic rings. The molecule has 2 heterocycles. The number of thioether (sulfide) groups is 1. The van der Waals surface area contributed by atoms with Gasteiger partial charge in [0, 0.05) is 19.6 Å². The number of hydrogen-bond donors (Lipinski definition) is 1. The predicted molar refractivity (Wildman–Crippen MR) is 99.0 cm³/mol. The van der Waals surface area contributed by atoms with Gasteiger partial charge in [0.25, 0.3) is 0 Å². The lowest BCUT2D eigenvalue weighted by molar-refractivity contribution is -0.115. The Kier molecular flexibility index (Phi) is 6.27. The summed E-state index contributed by atoms with van der Waals surface area (Å²) in [7, 11) is 0. The van der Waals surface area contributed by atoms with Crippen LogP contribution in [0.15, 0.2) is 23.4 Å². The first-order chi connectivity index (χ1) is 13.0. The lowest BCUT2D eigenvalue weighted by atomic mass is 10.3. The first kappa shape index (κ1) is 19.6. The van der Waals surface area contributed by atoms with Crippen molar-refractivity contribution in [1.82, 2.24) is 14.8 Å². The number of ether oxygens (including phenoxy) is 1. The van der Waals surface area contributed by atoms with Crippen LogP contribution in [0.3, 0.4) is 0 Å². The number of benzene rings is 1. The lowest BCUT2D eigenvalue weighted by Crippen LogP contribution is -2.38. The van der Waals surface area contributed by atoms with Crippen molar-refractivity contribution in [3.63, 3.8) is 0 Å². The van der Waals surface area contributed by atoms with E-state index in [9.17, 15) is 13.6 Å². The van der Waals surface area contributed by atoms with Gasteiger partial charge in [-0.1, -0.05) is 17.8 Å². The molecule has 1 aliphatic heterocycles. The zero-order chi connectivity index (χ0) is 19.4. The SMILES string of the molecule is CCn1c(S[C@H](C)C(=O)Nc2c(F)cccc2F)nnc1N1CCOCC1. The Morgan fingerprint density at radius 2 is 1.96 bits per heavy atom. The standard InChI is InChI=1S/C17H21F2N5O2S/c1-3-24-16(23-7-9-26-10-8-23)21-22-17(24)27-11(2)15(25)20-14-12(18)5-4-6-13(14)19/h4-6,11H,3,7-10H2,1-2H3,(H,20,25)/t11-/m1/s1. The quantitative estimate of drug-likeness (QED) is 0.756. The Morgan fingerprint density at radius 1 is 1.30 bits per heavy atom. The minimum atomic E-state index is -0.813. The third kappa shape index (κ3) is 4.38. The highest BCUT2D eigenvalue weighted by molar-refractivity contribution is 8.00. The normalized spacial score (nSPS) is 15.6. The molecule has 0 spiro atoms. The molecule has 0 radical (unpaired) electrons. The molecule has 0 aliphatic carbocycles. The fourth-order valence-corrected chi connectivity index (χ4v) is 3.60. The van der Waals surface area contributed by atoms with Crippen LogP contribution in [0, 0.1) is 11.6 Å². The van der Waals surface area contributed by atoms with Crippen molar-refractivity contribution in [2.24, 2.45) is 0 Å². The number of aromatic nitrogens is 3.